The Kier molecular flexibility index (Phi) is 5.60. The van der Waals surface area contributed by atoms with Crippen molar-refractivity contribution in [2.24, 2.45) is 0 Å². The predicted molar refractivity (Wildman–Crippen MR) is 96.8 cm³/mol. The zero-order valence-corrected chi connectivity index (χ0v) is 14.2. The molecule has 2 atom stereocenters. The lowest BCUT2D eigenvalue weighted by Gasteiger charge is -2.13. The molecule has 25 heavy (non-hydrogen) atoms. The summed E-state index contributed by atoms with van der Waals surface area (Å²) < 4.78 is 26.2. The number of aliphatic hydroxyl groups excluding tert-OH is 1. The first-order valence-corrected chi connectivity index (χ1v) is 8.90. The van der Waals surface area contributed by atoms with Crippen LogP contribution in [0.2, 0.25) is 0 Å². The van der Waals surface area contributed by atoms with Gasteiger partial charge in [0.25, 0.3) is 0 Å². The maximum absolute atomic E-state index is 11.3. The SMILES string of the molecule is O=S(O)c1ccccc1OCc1ccc(C(O)c2ccccc2)cc1. The standard InChI is InChI=1S/C20H18O4S/c21-20(16-6-2-1-3-7-16)17-12-10-15(11-13-17)14-24-18-8-4-5-9-19(18)25(22)23/h1-13,20-21H,14H2,(H,22,23). The van der Waals surface area contributed by atoms with E-state index < -0.39 is 17.2 Å². The van der Waals surface area contributed by atoms with E-state index in [0.29, 0.717) is 5.75 Å². The van der Waals surface area contributed by atoms with E-state index in [9.17, 15) is 13.9 Å². The molecule has 0 heterocycles. The fraction of sp³-hybridized carbons (Fsp3) is 0.100. The zero-order valence-electron chi connectivity index (χ0n) is 13.4. The largest absolute Gasteiger partial charge is 0.488 e. The molecule has 5 heteroatoms. The van der Waals surface area contributed by atoms with Crippen LogP contribution >= 0.6 is 0 Å². The number of rotatable bonds is 6. The van der Waals surface area contributed by atoms with Crippen LogP contribution in [-0.2, 0) is 17.7 Å². The van der Waals surface area contributed by atoms with Gasteiger partial charge in [-0.05, 0) is 28.8 Å². The van der Waals surface area contributed by atoms with Crippen molar-refractivity contribution < 1.29 is 18.6 Å². The van der Waals surface area contributed by atoms with Crippen molar-refractivity contribution >= 4 is 11.1 Å². The Morgan fingerprint density at radius 2 is 1.44 bits per heavy atom. The number of para-hydroxylation sites is 1. The van der Waals surface area contributed by atoms with Crippen molar-refractivity contribution in [3.63, 3.8) is 0 Å². The Hall–Kier alpha value is -2.47. The summed E-state index contributed by atoms with van der Waals surface area (Å²) in [6, 6.07) is 23.6. The van der Waals surface area contributed by atoms with E-state index in [-0.39, 0.29) is 11.5 Å². The monoisotopic (exact) mass is 354 g/mol. The first-order valence-electron chi connectivity index (χ1n) is 7.79. The molecule has 0 aliphatic rings. The molecule has 0 aliphatic carbocycles. The van der Waals surface area contributed by atoms with Gasteiger partial charge < -0.3 is 14.4 Å². The number of benzene rings is 3. The van der Waals surface area contributed by atoms with Crippen molar-refractivity contribution in [1.82, 2.24) is 0 Å². The van der Waals surface area contributed by atoms with Gasteiger partial charge in [-0.1, -0.05) is 66.7 Å². The quantitative estimate of drug-likeness (QED) is 0.658. The van der Waals surface area contributed by atoms with E-state index in [2.05, 4.69) is 0 Å². The summed E-state index contributed by atoms with van der Waals surface area (Å²) in [4.78, 5) is 0.249. The number of hydrogen-bond donors (Lipinski definition) is 2. The van der Waals surface area contributed by atoms with Crippen molar-refractivity contribution in [3.8, 4) is 5.75 Å². The Bertz CT molecular complexity index is 847. The van der Waals surface area contributed by atoms with E-state index in [1.807, 2.05) is 54.6 Å². The average molecular weight is 354 g/mol. The topological polar surface area (TPSA) is 66.8 Å². The summed E-state index contributed by atoms with van der Waals surface area (Å²) >= 11 is -2.09. The Balaban J connectivity index is 1.68. The van der Waals surface area contributed by atoms with Gasteiger partial charge >= 0.3 is 0 Å². The lowest BCUT2D eigenvalue weighted by molar-refractivity contribution is 0.220. The van der Waals surface area contributed by atoms with E-state index >= 15 is 0 Å². The number of aliphatic hydroxyl groups is 1. The molecular weight excluding hydrogens is 336 g/mol. The van der Waals surface area contributed by atoms with Gasteiger partial charge in [-0.2, -0.15) is 0 Å². The van der Waals surface area contributed by atoms with Crippen LogP contribution in [0.15, 0.2) is 83.8 Å². The minimum Gasteiger partial charge on any atom is -0.488 e. The molecule has 0 saturated carbocycles. The van der Waals surface area contributed by atoms with Gasteiger partial charge in [-0.15, -0.1) is 0 Å². The molecule has 2 unspecified atom stereocenters. The summed E-state index contributed by atoms with van der Waals surface area (Å²) in [5, 5.41) is 10.4. The highest BCUT2D eigenvalue weighted by Gasteiger charge is 2.11. The minimum absolute atomic E-state index is 0.249. The van der Waals surface area contributed by atoms with Gasteiger partial charge in [-0.3, -0.25) is 0 Å². The summed E-state index contributed by atoms with van der Waals surface area (Å²) in [7, 11) is 0. The molecule has 0 radical (unpaired) electrons. The summed E-state index contributed by atoms with van der Waals surface area (Å²) in [6.07, 6.45) is -0.672. The Morgan fingerprint density at radius 3 is 2.12 bits per heavy atom. The summed E-state index contributed by atoms with van der Waals surface area (Å²) in [6.45, 7) is 0.274. The molecule has 128 valence electrons. The maximum atomic E-state index is 11.3. The molecule has 4 nitrogen and oxygen atoms in total. The highest BCUT2D eigenvalue weighted by molar-refractivity contribution is 7.79. The maximum Gasteiger partial charge on any atom is 0.190 e. The highest BCUT2D eigenvalue weighted by Crippen LogP contribution is 2.24. The van der Waals surface area contributed by atoms with Gasteiger partial charge in [-0.25, -0.2) is 4.21 Å². The van der Waals surface area contributed by atoms with Gasteiger partial charge in [0.15, 0.2) is 11.1 Å². The van der Waals surface area contributed by atoms with Crippen LogP contribution in [0, 0.1) is 0 Å². The first-order chi connectivity index (χ1) is 12.1. The second-order valence-corrected chi connectivity index (χ2v) is 6.48. The second-order valence-electron chi connectivity index (χ2n) is 5.54. The van der Waals surface area contributed by atoms with Crippen LogP contribution < -0.4 is 4.74 Å². The van der Waals surface area contributed by atoms with Crippen molar-refractivity contribution in [1.29, 1.82) is 0 Å². The summed E-state index contributed by atoms with van der Waals surface area (Å²) in [5.41, 5.74) is 2.54. The van der Waals surface area contributed by atoms with Crippen LogP contribution in [-0.4, -0.2) is 13.9 Å². The van der Waals surface area contributed by atoms with Crippen LogP contribution in [0.3, 0.4) is 0 Å². The molecule has 3 rings (SSSR count). The third kappa shape index (κ3) is 4.33. The third-order valence-electron chi connectivity index (χ3n) is 3.84. The molecule has 0 aliphatic heterocycles. The average Bonchev–Trinajstić information content (AvgIpc) is 2.67. The lowest BCUT2D eigenvalue weighted by atomic mass is 10.0. The smallest absolute Gasteiger partial charge is 0.190 e. The number of hydrogen-bond acceptors (Lipinski definition) is 3. The van der Waals surface area contributed by atoms with Gasteiger partial charge in [0.2, 0.25) is 0 Å². The van der Waals surface area contributed by atoms with Crippen LogP contribution in [0.4, 0.5) is 0 Å². The van der Waals surface area contributed by atoms with Crippen molar-refractivity contribution in [3.05, 3.63) is 95.6 Å². The normalized spacial score (nSPS) is 13.2. The van der Waals surface area contributed by atoms with Crippen molar-refractivity contribution in [2.75, 3.05) is 0 Å². The third-order valence-corrected chi connectivity index (χ3v) is 4.56. The van der Waals surface area contributed by atoms with Gasteiger partial charge in [0, 0.05) is 0 Å². The van der Waals surface area contributed by atoms with E-state index in [4.69, 9.17) is 4.74 Å². The van der Waals surface area contributed by atoms with Crippen molar-refractivity contribution in [2.45, 2.75) is 17.6 Å². The fourth-order valence-corrected chi connectivity index (χ4v) is 2.99. The molecule has 0 amide bonds. The first kappa shape index (κ1) is 17.4. The molecule has 0 aromatic heterocycles. The molecule has 0 fully saturated rings. The molecule has 3 aromatic rings. The zero-order chi connectivity index (χ0) is 17.6. The van der Waals surface area contributed by atoms with Gasteiger partial charge in [0.05, 0.1) is 0 Å². The van der Waals surface area contributed by atoms with E-state index in [0.717, 1.165) is 16.7 Å². The lowest BCUT2D eigenvalue weighted by Crippen LogP contribution is -2.02. The Morgan fingerprint density at radius 1 is 0.840 bits per heavy atom. The second kappa shape index (κ2) is 8.07. The highest BCUT2D eigenvalue weighted by atomic mass is 32.2. The minimum atomic E-state index is -2.09. The molecule has 0 bridgehead atoms. The van der Waals surface area contributed by atoms with Gasteiger partial charge in [0.1, 0.15) is 23.4 Å². The van der Waals surface area contributed by atoms with E-state index in [1.165, 1.54) is 0 Å². The fourth-order valence-electron chi connectivity index (χ4n) is 2.50. The molecule has 0 saturated heterocycles. The van der Waals surface area contributed by atoms with Crippen LogP contribution in [0.25, 0.3) is 0 Å². The molecule has 2 N–H and O–H groups in total. The predicted octanol–water partition coefficient (Wildman–Crippen LogP) is 3.93. The molecule has 0 spiro atoms. The molecular formula is C20H18O4S. The Labute approximate surface area is 149 Å². The van der Waals surface area contributed by atoms with Crippen LogP contribution in [0.1, 0.15) is 22.8 Å². The molecule has 3 aromatic carbocycles. The summed E-state index contributed by atoms with van der Waals surface area (Å²) in [5.74, 6) is 0.386. The van der Waals surface area contributed by atoms with Crippen LogP contribution in [0.5, 0.6) is 5.75 Å². The number of ether oxygens (including phenoxy) is 1. The van der Waals surface area contributed by atoms with E-state index in [1.54, 1.807) is 24.3 Å².